The number of hydroxylamine groups is 1. The van der Waals surface area contributed by atoms with Gasteiger partial charge in [0.25, 0.3) is 0 Å². The highest BCUT2D eigenvalue weighted by atomic mass is 16.7. The summed E-state index contributed by atoms with van der Waals surface area (Å²) in [5, 5.41) is 0. The maximum absolute atomic E-state index is 12.0. The van der Waals surface area contributed by atoms with E-state index in [9.17, 15) is 4.79 Å². The van der Waals surface area contributed by atoms with Crippen molar-refractivity contribution in [3.8, 4) is 0 Å². The van der Waals surface area contributed by atoms with E-state index >= 15 is 0 Å². The summed E-state index contributed by atoms with van der Waals surface area (Å²) < 4.78 is 0. The van der Waals surface area contributed by atoms with Crippen molar-refractivity contribution in [1.29, 1.82) is 0 Å². The number of carbonyl (C=O) groups excluding carboxylic acids is 1. The van der Waals surface area contributed by atoms with Crippen molar-refractivity contribution >= 4 is 6.03 Å². The Morgan fingerprint density at radius 1 is 1.19 bits per heavy atom. The largest absolute Gasteiger partial charge is 0.341 e. The molecule has 1 saturated heterocycles. The summed E-state index contributed by atoms with van der Waals surface area (Å²) >= 11 is 0. The van der Waals surface area contributed by atoms with Gasteiger partial charge in [-0.25, -0.2) is 10.3 Å². The molecule has 1 aliphatic carbocycles. The van der Waals surface area contributed by atoms with Crippen LogP contribution in [-0.4, -0.2) is 53.7 Å². The van der Waals surface area contributed by atoms with Gasteiger partial charge in [-0.15, -0.1) is 0 Å². The van der Waals surface area contributed by atoms with E-state index in [1.807, 2.05) is 20.8 Å². The zero-order valence-electron chi connectivity index (χ0n) is 14.0. The Morgan fingerprint density at radius 3 is 2.48 bits per heavy atom. The summed E-state index contributed by atoms with van der Waals surface area (Å²) in [5.41, 5.74) is 2.42. The fraction of sp³-hybridized carbons (Fsp3) is 0.938. The lowest BCUT2D eigenvalue weighted by Gasteiger charge is -2.32. The zero-order valence-corrected chi connectivity index (χ0v) is 14.0. The third kappa shape index (κ3) is 4.58. The van der Waals surface area contributed by atoms with Crippen molar-refractivity contribution in [2.75, 3.05) is 20.1 Å². The van der Waals surface area contributed by atoms with Crippen LogP contribution in [0.5, 0.6) is 0 Å². The second-order valence-corrected chi connectivity index (χ2v) is 7.45. The molecule has 2 fully saturated rings. The fourth-order valence-corrected chi connectivity index (χ4v) is 3.13. The molecule has 0 aromatic rings. The van der Waals surface area contributed by atoms with E-state index in [-0.39, 0.29) is 17.7 Å². The number of rotatable bonds is 3. The Morgan fingerprint density at radius 2 is 1.86 bits per heavy atom. The van der Waals surface area contributed by atoms with Crippen LogP contribution >= 0.6 is 0 Å². The van der Waals surface area contributed by atoms with Gasteiger partial charge in [-0.1, -0.05) is 19.3 Å². The van der Waals surface area contributed by atoms with Crippen LogP contribution in [0.15, 0.2) is 0 Å². The maximum Gasteiger partial charge on any atom is 0.341 e. The average molecular weight is 297 g/mol. The monoisotopic (exact) mass is 297 g/mol. The number of nitrogens with zero attached hydrogens (tertiary/aromatic N) is 2. The van der Waals surface area contributed by atoms with Gasteiger partial charge in [-0.3, -0.25) is 9.74 Å². The van der Waals surface area contributed by atoms with E-state index in [0.717, 1.165) is 25.6 Å². The van der Waals surface area contributed by atoms with Gasteiger partial charge in [0.1, 0.15) is 0 Å². The van der Waals surface area contributed by atoms with Crippen LogP contribution in [0.3, 0.4) is 0 Å². The van der Waals surface area contributed by atoms with Gasteiger partial charge in [-0.05, 0) is 40.0 Å². The lowest BCUT2D eigenvalue weighted by molar-refractivity contribution is -0.0126. The summed E-state index contributed by atoms with van der Waals surface area (Å²) in [4.78, 5) is 21.8. The standard InChI is InChI=1S/C16H31N3O2/c1-16(2,3)18(4)15(20)17-21-14-10-11-19(12-14)13-8-6-5-7-9-13/h13-14H,5-12H2,1-4H3,(H,17,20)/t14-/m1/s1. The third-order valence-electron chi connectivity index (χ3n) is 4.89. The minimum absolute atomic E-state index is 0.129. The maximum atomic E-state index is 12.0. The predicted molar refractivity (Wildman–Crippen MR) is 84.0 cm³/mol. The van der Waals surface area contributed by atoms with E-state index in [2.05, 4.69) is 10.4 Å². The van der Waals surface area contributed by atoms with Gasteiger partial charge in [-0.2, -0.15) is 0 Å². The quantitative estimate of drug-likeness (QED) is 0.815. The third-order valence-corrected chi connectivity index (χ3v) is 4.89. The van der Waals surface area contributed by atoms with Crippen molar-refractivity contribution in [2.24, 2.45) is 0 Å². The lowest BCUT2D eigenvalue weighted by Crippen LogP contribution is -2.48. The summed E-state index contributed by atoms with van der Waals surface area (Å²) in [5.74, 6) is 0. The highest BCUT2D eigenvalue weighted by molar-refractivity contribution is 5.73. The van der Waals surface area contributed by atoms with E-state index in [0.29, 0.717) is 0 Å². The highest BCUT2D eigenvalue weighted by Gasteiger charge is 2.31. The number of hydrogen-bond acceptors (Lipinski definition) is 3. The second kappa shape index (κ2) is 6.97. The van der Waals surface area contributed by atoms with Crippen LogP contribution in [0.4, 0.5) is 4.79 Å². The number of carbonyl (C=O) groups is 1. The van der Waals surface area contributed by atoms with Crippen molar-refractivity contribution in [2.45, 2.75) is 77.0 Å². The molecule has 0 radical (unpaired) electrons. The first kappa shape index (κ1) is 16.6. The molecule has 122 valence electrons. The van der Waals surface area contributed by atoms with Crippen molar-refractivity contribution in [3.63, 3.8) is 0 Å². The molecular weight excluding hydrogens is 266 g/mol. The minimum Gasteiger partial charge on any atom is -0.321 e. The molecule has 5 nitrogen and oxygen atoms in total. The summed E-state index contributed by atoms with van der Waals surface area (Å²) in [6.45, 7) is 8.07. The Bertz CT molecular complexity index is 348. The number of nitrogens with one attached hydrogen (secondary N) is 1. The van der Waals surface area contributed by atoms with Gasteiger partial charge in [0, 0.05) is 31.7 Å². The Kier molecular flexibility index (Phi) is 5.49. The van der Waals surface area contributed by atoms with Crippen LogP contribution in [0, 0.1) is 0 Å². The molecule has 1 saturated carbocycles. The van der Waals surface area contributed by atoms with Crippen LogP contribution in [0.2, 0.25) is 0 Å². The molecule has 0 unspecified atom stereocenters. The van der Waals surface area contributed by atoms with Crippen molar-refractivity contribution in [3.05, 3.63) is 0 Å². The Hall–Kier alpha value is -0.810. The number of urea groups is 1. The zero-order chi connectivity index (χ0) is 15.5. The molecule has 2 amide bonds. The number of hydrogen-bond donors (Lipinski definition) is 1. The molecule has 0 aromatic heterocycles. The first-order valence-electron chi connectivity index (χ1n) is 8.31. The van der Waals surface area contributed by atoms with Gasteiger partial charge in [0.2, 0.25) is 0 Å². The van der Waals surface area contributed by atoms with Crippen LogP contribution in [0.25, 0.3) is 0 Å². The van der Waals surface area contributed by atoms with Crippen molar-refractivity contribution in [1.82, 2.24) is 15.3 Å². The topological polar surface area (TPSA) is 44.8 Å². The van der Waals surface area contributed by atoms with Gasteiger partial charge in [0.15, 0.2) is 0 Å². The summed E-state index contributed by atoms with van der Waals surface area (Å²) in [6.07, 6.45) is 7.90. The Labute approximate surface area is 129 Å². The summed E-state index contributed by atoms with van der Waals surface area (Å²) in [7, 11) is 1.79. The van der Waals surface area contributed by atoms with Gasteiger partial charge >= 0.3 is 6.03 Å². The Balaban J connectivity index is 1.71. The second-order valence-electron chi connectivity index (χ2n) is 7.45. The molecule has 0 aromatic carbocycles. The predicted octanol–water partition coefficient (Wildman–Crippen LogP) is 2.76. The molecule has 2 rings (SSSR count). The molecule has 5 heteroatoms. The van der Waals surface area contributed by atoms with Crippen LogP contribution in [-0.2, 0) is 4.84 Å². The van der Waals surface area contributed by atoms with E-state index in [1.165, 1.54) is 32.1 Å². The number of amides is 2. The molecule has 0 spiro atoms. The normalized spacial score (nSPS) is 25.0. The molecule has 21 heavy (non-hydrogen) atoms. The molecular formula is C16H31N3O2. The lowest BCUT2D eigenvalue weighted by atomic mass is 9.94. The van der Waals surface area contributed by atoms with E-state index < -0.39 is 0 Å². The van der Waals surface area contributed by atoms with Crippen molar-refractivity contribution < 1.29 is 9.63 Å². The molecule has 0 bridgehead atoms. The fourth-order valence-electron chi connectivity index (χ4n) is 3.13. The van der Waals surface area contributed by atoms with Crippen LogP contribution < -0.4 is 5.48 Å². The highest BCUT2D eigenvalue weighted by Crippen LogP contribution is 2.26. The van der Waals surface area contributed by atoms with E-state index in [1.54, 1.807) is 11.9 Å². The van der Waals surface area contributed by atoms with Crippen LogP contribution in [0.1, 0.15) is 59.3 Å². The smallest absolute Gasteiger partial charge is 0.321 e. The molecule has 1 atom stereocenters. The van der Waals surface area contributed by atoms with Gasteiger partial charge < -0.3 is 4.90 Å². The first-order chi connectivity index (χ1) is 9.88. The summed E-state index contributed by atoms with van der Waals surface area (Å²) in [6, 6.07) is 0.568. The molecule has 1 N–H and O–H groups in total. The molecule has 2 aliphatic rings. The molecule has 1 heterocycles. The van der Waals surface area contributed by atoms with Gasteiger partial charge in [0.05, 0.1) is 6.10 Å². The number of likely N-dealkylation sites (tertiary alicyclic amines) is 1. The first-order valence-corrected chi connectivity index (χ1v) is 8.31. The average Bonchev–Trinajstić information content (AvgIpc) is 2.93. The van der Waals surface area contributed by atoms with E-state index in [4.69, 9.17) is 4.84 Å². The minimum atomic E-state index is -0.197. The SMILES string of the molecule is CN(C(=O)NO[C@@H]1CCN(C2CCCCC2)C1)C(C)(C)C. The molecule has 1 aliphatic heterocycles.